The first-order valence-corrected chi connectivity index (χ1v) is 5.33. The number of hydrogen-bond acceptors (Lipinski definition) is 3. The Balaban J connectivity index is 2.49. The highest BCUT2D eigenvalue weighted by molar-refractivity contribution is 5.60. The minimum absolute atomic E-state index is 0.128. The van der Waals surface area contributed by atoms with Crippen molar-refractivity contribution < 1.29 is 0 Å². The number of aromatic nitrogens is 2. The van der Waals surface area contributed by atoms with Gasteiger partial charge in [-0.3, -0.25) is 0 Å². The third-order valence-electron chi connectivity index (χ3n) is 2.53. The third-order valence-corrected chi connectivity index (χ3v) is 2.53. The van der Waals surface area contributed by atoms with Gasteiger partial charge in [0, 0.05) is 0 Å². The van der Waals surface area contributed by atoms with Gasteiger partial charge >= 0.3 is 5.69 Å². The average molecular weight is 225 g/mol. The summed E-state index contributed by atoms with van der Waals surface area (Å²) in [6.45, 7) is 2.08. The molecule has 0 aliphatic carbocycles. The molecule has 0 saturated heterocycles. The molecule has 4 nitrogen and oxygen atoms in total. The van der Waals surface area contributed by atoms with Crippen molar-refractivity contribution >= 4 is 0 Å². The second kappa shape index (κ2) is 4.62. The number of H-pyrrole nitrogens is 1. The quantitative estimate of drug-likeness (QED) is 0.848. The Bertz CT molecular complexity index is 620. The number of nitrogens with zero attached hydrogens (tertiary/aromatic N) is 2. The molecule has 0 spiro atoms. The van der Waals surface area contributed by atoms with E-state index >= 15 is 0 Å². The summed E-state index contributed by atoms with van der Waals surface area (Å²) in [4.78, 5) is 17.4. The van der Waals surface area contributed by atoms with Crippen LogP contribution in [-0.4, -0.2) is 9.97 Å². The highest BCUT2D eigenvalue weighted by atomic mass is 16.1. The molecule has 0 aliphatic rings. The van der Waals surface area contributed by atoms with Crippen molar-refractivity contribution in [3.8, 4) is 17.3 Å². The van der Waals surface area contributed by atoms with Crippen LogP contribution in [0.5, 0.6) is 0 Å². The summed E-state index contributed by atoms with van der Waals surface area (Å²) in [7, 11) is 0. The lowest BCUT2D eigenvalue weighted by atomic mass is 10.1. The number of aryl methyl sites for hydroxylation is 1. The fourth-order valence-electron chi connectivity index (χ4n) is 1.59. The van der Waals surface area contributed by atoms with Gasteiger partial charge in [-0.25, -0.2) is 4.79 Å². The fourth-order valence-corrected chi connectivity index (χ4v) is 1.59. The molecule has 0 atom stereocenters. The van der Waals surface area contributed by atoms with Gasteiger partial charge in [0.25, 0.3) is 0 Å². The van der Waals surface area contributed by atoms with Crippen molar-refractivity contribution in [1.29, 1.82) is 5.26 Å². The van der Waals surface area contributed by atoms with E-state index < -0.39 is 5.69 Å². The zero-order chi connectivity index (χ0) is 12.3. The number of benzene rings is 1. The van der Waals surface area contributed by atoms with Gasteiger partial charge in [-0.05, 0) is 23.6 Å². The van der Waals surface area contributed by atoms with E-state index in [2.05, 4.69) is 16.9 Å². The Kier molecular flexibility index (Phi) is 3.01. The first-order chi connectivity index (χ1) is 8.22. The van der Waals surface area contributed by atoms with Gasteiger partial charge in [0.2, 0.25) is 0 Å². The van der Waals surface area contributed by atoms with Crippen molar-refractivity contribution in [1.82, 2.24) is 9.97 Å². The van der Waals surface area contributed by atoms with E-state index in [1.165, 1.54) is 5.56 Å². The van der Waals surface area contributed by atoms with E-state index in [-0.39, 0.29) is 5.69 Å². The number of rotatable bonds is 2. The summed E-state index contributed by atoms with van der Waals surface area (Å²) in [5.41, 5.74) is 2.34. The molecule has 0 fully saturated rings. The molecule has 2 aromatic rings. The average Bonchev–Trinajstić information content (AvgIpc) is 2.38. The third kappa shape index (κ3) is 2.40. The maximum Gasteiger partial charge on any atom is 0.346 e. The van der Waals surface area contributed by atoms with Crippen LogP contribution in [0.1, 0.15) is 18.2 Å². The molecule has 84 valence electrons. The summed E-state index contributed by atoms with van der Waals surface area (Å²) in [5.74, 6) is 0. The topological polar surface area (TPSA) is 69.5 Å². The van der Waals surface area contributed by atoms with Crippen LogP contribution in [0, 0.1) is 11.3 Å². The zero-order valence-electron chi connectivity index (χ0n) is 9.40. The first-order valence-electron chi connectivity index (χ1n) is 5.33. The Morgan fingerprint density at radius 3 is 2.65 bits per heavy atom. The van der Waals surface area contributed by atoms with Crippen LogP contribution in [0.15, 0.2) is 35.1 Å². The van der Waals surface area contributed by atoms with Gasteiger partial charge in [0.15, 0.2) is 0 Å². The molecule has 0 bridgehead atoms. The van der Waals surface area contributed by atoms with Gasteiger partial charge in [-0.1, -0.05) is 31.2 Å². The number of nitrogens with one attached hydrogen (secondary N) is 1. The summed E-state index contributed by atoms with van der Waals surface area (Å²) >= 11 is 0. The lowest BCUT2D eigenvalue weighted by Crippen LogP contribution is -2.12. The Hall–Kier alpha value is -2.41. The number of nitriles is 1. The lowest BCUT2D eigenvalue weighted by Gasteiger charge is -2.02. The molecular formula is C13H11N3O. The smallest absolute Gasteiger partial charge is 0.305 e. The Morgan fingerprint density at radius 1 is 1.35 bits per heavy atom. The van der Waals surface area contributed by atoms with Crippen molar-refractivity contribution in [2.24, 2.45) is 0 Å². The van der Waals surface area contributed by atoms with Crippen LogP contribution in [0.2, 0.25) is 0 Å². The second-order valence-electron chi connectivity index (χ2n) is 3.65. The van der Waals surface area contributed by atoms with E-state index in [9.17, 15) is 4.79 Å². The van der Waals surface area contributed by atoms with Crippen molar-refractivity contribution in [2.75, 3.05) is 0 Å². The first kappa shape index (κ1) is 11.1. The van der Waals surface area contributed by atoms with Crippen LogP contribution in [0.3, 0.4) is 0 Å². The van der Waals surface area contributed by atoms with E-state index in [4.69, 9.17) is 5.26 Å². The standard InChI is InChI=1S/C13H11N3O/c1-2-9-3-5-10(6-4-9)12-7-11(8-14)15-13(17)16-12/h3-7H,2H2,1H3,(H,15,16,17). The molecule has 1 aromatic carbocycles. The van der Waals surface area contributed by atoms with E-state index in [0.717, 1.165) is 12.0 Å². The van der Waals surface area contributed by atoms with E-state index in [1.807, 2.05) is 30.3 Å². The molecule has 0 unspecified atom stereocenters. The van der Waals surface area contributed by atoms with Crippen LogP contribution in [0.4, 0.5) is 0 Å². The molecule has 0 aliphatic heterocycles. The Morgan fingerprint density at radius 2 is 2.06 bits per heavy atom. The summed E-state index contributed by atoms with van der Waals surface area (Å²) < 4.78 is 0. The van der Waals surface area contributed by atoms with Crippen molar-refractivity contribution in [3.63, 3.8) is 0 Å². The van der Waals surface area contributed by atoms with Crippen LogP contribution in [-0.2, 0) is 6.42 Å². The fraction of sp³-hybridized carbons (Fsp3) is 0.154. The maximum atomic E-state index is 11.2. The van der Waals surface area contributed by atoms with Crippen LogP contribution < -0.4 is 5.69 Å². The van der Waals surface area contributed by atoms with Gasteiger partial charge in [-0.15, -0.1) is 0 Å². The largest absolute Gasteiger partial charge is 0.346 e. The predicted molar refractivity (Wildman–Crippen MR) is 64.4 cm³/mol. The summed E-state index contributed by atoms with van der Waals surface area (Å²) in [6, 6.07) is 11.3. The molecule has 4 heteroatoms. The normalized spacial score (nSPS) is 9.88. The molecule has 0 radical (unpaired) electrons. The number of aromatic amines is 1. The molecule has 0 saturated carbocycles. The minimum Gasteiger partial charge on any atom is -0.305 e. The van der Waals surface area contributed by atoms with Crippen LogP contribution >= 0.6 is 0 Å². The predicted octanol–water partition coefficient (Wildman–Crippen LogP) is 1.87. The van der Waals surface area contributed by atoms with E-state index in [1.54, 1.807) is 6.07 Å². The van der Waals surface area contributed by atoms with Gasteiger partial charge in [0.05, 0.1) is 5.69 Å². The summed E-state index contributed by atoms with van der Waals surface area (Å²) in [6.07, 6.45) is 0.969. The van der Waals surface area contributed by atoms with Crippen molar-refractivity contribution in [2.45, 2.75) is 13.3 Å². The highest BCUT2D eigenvalue weighted by Gasteiger charge is 2.02. The molecule has 2 rings (SSSR count). The highest BCUT2D eigenvalue weighted by Crippen LogP contribution is 2.16. The Labute approximate surface area is 98.6 Å². The van der Waals surface area contributed by atoms with Gasteiger partial charge in [0.1, 0.15) is 11.8 Å². The lowest BCUT2D eigenvalue weighted by molar-refractivity contribution is 1.06. The zero-order valence-corrected chi connectivity index (χ0v) is 9.40. The minimum atomic E-state index is -0.501. The molecular weight excluding hydrogens is 214 g/mol. The van der Waals surface area contributed by atoms with Gasteiger partial charge < -0.3 is 4.98 Å². The SMILES string of the molecule is CCc1ccc(-c2cc(C#N)nc(=O)[nH]2)cc1. The summed E-state index contributed by atoms with van der Waals surface area (Å²) in [5, 5.41) is 8.75. The maximum absolute atomic E-state index is 11.2. The monoisotopic (exact) mass is 225 g/mol. The van der Waals surface area contributed by atoms with Crippen molar-refractivity contribution in [3.05, 3.63) is 52.1 Å². The molecule has 1 heterocycles. The molecule has 17 heavy (non-hydrogen) atoms. The van der Waals surface area contributed by atoms with E-state index in [0.29, 0.717) is 5.69 Å². The van der Waals surface area contributed by atoms with Gasteiger partial charge in [-0.2, -0.15) is 10.2 Å². The number of hydrogen-bond donors (Lipinski definition) is 1. The molecule has 1 aromatic heterocycles. The molecule has 0 amide bonds. The van der Waals surface area contributed by atoms with Crippen LogP contribution in [0.25, 0.3) is 11.3 Å². The second-order valence-corrected chi connectivity index (χ2v) is 3.65. The molecule has 1 N–H and O–H groups in total.